The Hall–Kier alpha value is -2.68. The second kappa shape index (κ2) is 8.55. The molecule has 1 aliphatic rings. The van der Waals surface area contributed by atoms with Gasteiger partial charge in [0.1, 0.15) is 18.1 Å². The molecule has 1 saturated heterocycles. The lowest BCUT2D eigenvalue weighted by atomic mass is 10.2. The summed E-state index contributed by atoms with van der Waals surface area (Å²) >= 11 is 0. The van der Waals surface area contributed by atoms with E-state index in [1.165, 1.54) is 6.26 Å². The number of nitrogens with zero attached hydrogens (tertiary/aromatic N) is 3. The molecular weight excluding hydrogens is 375 g/mol. The van der Waals surface area contributed by atoms with Gasteiger partial charge in [0.15, 0.2) is 0 Å². The molecule has 3 rings (SSSR count). The Morgan fingerprint density at radius 3 is 2.43 bits per heavy atom. The summed E-state index contributed by atoms with van der Waals surface area (Å²) in [5.74, 6) is -0.103. The summed E-state index contributed by atoms with van der Waals surface area (Å²) in [5, 5.41) is 9.95. The average Bonchev–Trinajstić information content (AvgIpc) is 3.14. The molecule has 1 fully saturated rings. The highest BCUT2D eigenvalue weighted by Gasteiger charge is 2.34. The number of hydrogen-bond donors (Lipinski definition) is 1. The van der Waals surface area contributed by atoms with Crippen molar-refractivity contribution in [2.75, 3.05) is 44.2 Å². The number of aromatic hydroxyl groups is 1. The molecule has 9 heteroatoms. The monoisotopic (exact) mass is 397 g/mol. The number of anilines is 1. The molecule has 1 aliphatic heterocycles. The molecular formula is C19H22F3N3O3. The third-order valence-electron chi connectivity index (χ3n) is 4.60. The number of benzene rings is 1. The highest BCUT2D eigenvalue weighted by Crippen LogP contribution is 2.27. The number of amides is 1. The van der Waals surface area contributed by atoms with E-state index in [9.17, 15) is 23.1 Å². The number of furan rings is 1. The first-order valence-corrected chi connectivity index (χ1v) is 8.94. The summed E-state index contributed by atoms with van der Waals surface area (Å²) in [6.07, 6.45) is -3.12. The van der Waals surface area contributed by atoms with Gasteiger partial charge < -0.3 is 19.3 Å². The SMILES string of the molecule is O=C(CN1CCN(c2ccccc2O)CC1)N(Cc1ccco1)CC(F)(F)F. The predicted octanol–water partition coefficient (Wildman–Crippen LogP) is 2.70. The van der Waals surface area contributed by atoms with E-state index in [1.54, 1.807) is 24.3 Å². The van der Waals surface area contributed by atoms with Gasteiger partial charge in [-0.2, -0.15) is 13.2 Å². The average molecular weight is 397 g/mol. The summed E-state index contributed by atoms with van der Waals surface area (Å²) < 4.78 is 43.7. The number of hydrogen-bond acceptors (Lipinski definition) is 5. The fourth-order valence-electron chi connectivity index (χ4n) is 3.21. The molecule has 2 aromatic rings. The molecule has 1 N–H and O–H groups in total. The lowest BCUT2D eigenvalue weighted by Gasteiger charge is -2.36. The summed E-state index contributed by atoms with van der Waals surface area (Å²) in [7, 11) is 0. The third-order valence-corrected chi connectivity index (χ3v) is 4.60. The molecule has 0 radical (unpaired) electrons. The Morgan fingerprint density at radius 1 is 1.11 bits per heavy atom. The number of piperazine rings is 1. The quantitative estimate of drug-likeness (QED) is 0.812. The largest absolute Gasteiger partial charge is 0.506 e. The lowest BCUT2D eigenvalue weighted by molar-refractivity contribution is -0.163. The highest BCUT2D eigenvalue weighted by molar-refractivity contribution is 5.78. The number of carbonyl (C=O) groups excluding carboxylic acids is 1. The number of rotatable bonds is 6. The number of carbonyl (C=O) groups is 1. The van der Waals surface area contributed by atoms with Crippen LogP contribution >= 0.6 is 0 Å². The van der Waals surface area contributed by atoms with Crippen molar-refractivity contribution in [1.29, 1.82) is 0 Å². The van der Waals surface area contributed by atoms with Gasteiger partial charge in [-0.15, -0.1) is 0 Å². The third kappa shape index (κ3) is 5.41. The van der Waals surface area contributed by atoms with E-state index in [2.05, 4.69) is 0 Å². The van der Waals surface area contributed by atoms with Crippen LogP contribution in [-0.4, -0.2) is 66.3 Å². The lowest BCUT2D eigenvalue weighted by Crippen LogP contribution is -2.51. The van der Waals surface area contributed by atoms with Gasteiger partial charge in [0.2, 0.25) is 5.91 Å². The van der Waals surface area contributed by atoms with Crippen molar-refractivity contribution in [1.82, 2.24) is 9.80 Å². The first-order valence-electron chi connectivity index (χ1n) is 8.94. The summed E-state index contributed by atoms with van der Waals surface area (Å²) in [4.78, 5) is 17.1. The standard InChI is InChI=1S/C19H22F3N3O3/c20-19(21,22)14-25(12-15-4-3-11-28-15)18(27)13-23-7-9-24(10-8-23)16-5-1-2-6-17(16)26/h1-6,11,26H,7-10,12-14H2. The molecule has 0 atom stereocenters. The van der Waals surface area contributed by atoms with Gasteiger partial charge in [-0.25, -0.2) is 0 Å². The number of para-hydroxylation sites is 2. The number of phenolic OH excluding ortho intramolecular Hbond substituents is 1. The van der Waals surface area contributed by atoms with E-state index < -0.39 is 18.6 Å². The molecule has 1 aromatic heterocycles. The topological polar surface area (TPSA) is 60.2 Å². The molecule has 0 saturated carbocycles. The van der Waals surface area contributed by atoms with Crippen LogP contribution in [0.5, 0.6) is 5.75 Å². The van der Waals surface area contributed by atoms with E-state index in [4.69, 9.17) is 4.42 Å². The summed E-state index contributed by atoms with van der Waals surface area (Å²) in [5.41, 5.74) is 0.713. The summed E-state index contributed by atoms with van der Waals surface area (Å²) in [6.45, 7) is 0.547. The fraction of sp³-hybridized carbons (Fsp3) is 0.421. The van der Waals surface area contributed by atoms with Crippen LogP contribution in [0.4, 0.5) is 18.9 Å². The minimum atomic E-state index is -4.48. The van der Waals surface area contributed by atoms with Crippen molar-refractivity contribution in [3.8, 4) is 5.75 Å². The van der Waals surface area contributed by atoms with Crippen LogP contribution in [0.25, 0.3) is 0 Å². The van der Waals surface area contributed by atoms with Crippen LogP contribution in [0.2, 0.25) is 0 Å². The maximum atomic E-state index is 12.9. The van der Waals surface area contributed by atoms with E-state index >= 15 is 0 Å². The molecule has 2 heterocycles. The van der Waals surface area contributed by atoms with Gasteiger partial charge in [0.25, 0.3) is 0 Å². The van der Waals surface area contributed by atoms with E-state index in [-0.39, 0.29) is 18.8 Å². The van der Waals surface area contributed by atoms with Crippen LogP contribution in [0.15, 0.2) is 47.1 Å². The smallest absolute Gasteiger partial charge is 0.406 e. The van der Waals surface area contributed by atoms with Crippen molar-refractivity contribution >= 4 is 11.6 Å². The normalized spacial score (nSPS) is 15.6. The Morgan fingerprint density at radius 2 is 1.82 bits per heavy atom. The zero-order chi connectivity index (χ0) is 20.1. The Kier molecular flexibility index (Phi) is 6.13. The van der Waals surface area contributed by atoms with Gasteiger partial charge in [-0.1, -0.05) is 12.1 Å². The minimum Gasteiger partial charge on any atom is -0.506 e. The minimum absolute atomic E-state index is 0.0919. The van der Waals surface area contributed by atoms with Gasteiger partial charge in [0, 0.05) is 26.2 Å². The molecule has 152 valence electrons. The first kappa shape index (κ1) is 20.1. The Labute approximate surface area is 160 Å². The zero-order valence-corrected chi connectivity index (χ0v) is 15.2. The van der Waals surface area contributed by atoms with Crippen molar-refractivity contribution in [2.45, 2.75) is 12.7 Å². The second-order valence-electron chi connectivity index (χ2n) is 6.70. The number of halogens is 3. The molecule has 6 nitrogen and oxygen atoms in total. The van der Waals surface area contributed by atoms with Gasteiger partial charge in [0.05, 0.1) is 25.0 Å². The van der Waals surface area contributed by atoms with E-state index in [1.807, 2.05) is 21.9 Å². The first-order chi connectivity index (χ1) is 13.3. The van der Waals surface area contributed by atoms with E-state index in [0.29, 0.717) is 37.6 Å². The van der Waals surface area contributed by atoms with E-state index in [0.717, 1.165) is 4.90 Å². The highest BCUT2D eigenvalue weighted by atomic mass is 19.4. The Balaban J connectivity index is 1.57. The maximum Gasteiger partial charge on any atom is 0.406 e. The van der Waals surface area contributed by atoms with Crippen molar-refractivity contribution in [2.24, 2.45) is 0 Å². The molecule has 0 bridgehead atoms. The summed E-state index contributed by atoms with van der Waals surface area (Å²) in [6, 6.07) is 10.1. The molecule has 28 heavy (non-hydrogen) atoms. The fourth-order valence-corrected chi connectivity index (χ4v) is 3.21. The maximum absolute atomic E-state index is 12.9. The van der Waals surface area contributed by atoms with Crippen LogP contribution in [0, 0.1) is 0 Å². The predicted molar refractivity (Wildman–Crippen MR) is 96.9 cm³/mol. The van der Waals surface area contributed by atoms with Crippen molar-refractivity contribution in [3.05, 3.63) is 48.4 Å². The van der Waals surface area contributed by atoms with Crippen LogP contribution < -0.4 is 4.90 Å². The van der Waals surface area contributed by atoms with Gasteiger partial charge in [-0.3, -0.25) is 9.69 Å². The molecule has 0 unspecified atom stereocenters. The molecule has 1 amide bonds. The zero-order valence-electron chi connectivity index (χ0n) is 15.2. The number of phenols is 1. The van der Waals surface area contributed by atoms with Crippen molar-refractivity contribution in [3.63, 3.8) is 0 Å². The molecule has 0 spiro atoms. The second-order valence-corrected chi connectivity index (χ2v) is 6.70. The Bertz CT molecular complexity index is 772. The van der Waals surface area contributed by atoms with Gasteiger partial charge >= 0.3 is 6.18 Å². The van der Waals surface area contributed by atoms with Crippen LogP contribution in [-0.2, 0) is 11.3 Å². The van der Waals surface area contributed by atoms with Crippen LogP contribution in [0.1, 0.15) is 5.76 Å². The molecule has 0 aliphatic carbocycles. The van der Waals surface area contributed by atoms with Crippen molar-refractivity contribution < 1.29 is 27.5 Å². The molecule has 1 aromatic carbocycles. The number of alkyl halides is 3. The van der Waals surface area contributed by atoms with Gasteiger partial charge in [-0.05, 0) is 24.3 Å². The van der Waals surface area contributed by atoms with Crippen LogP contribution in [0.3, 0.4) is 0 Å².